The van der Waals surface area contributed by atoms with Crippen LogP contribution in [-0.2, 0) is 11.2 Å². The summed E-state index contributed by atoms with van der Waals surface area (Å²) >= 11 is 0. The van der Waals surface area contributed by atoms with Crippen LogP contribution in [0.25, 0.3) is 6.08 Å². The molecule has 0 aliphatic heterocycles. The second kappa shape index (κ2) is 9.94. The third-order valence-corrected chi connectivity index (χ3v) is 3.26. The van der Waals surface area contributed by atoms with E-state index in [9.17, 15) is 9.90 Å². The highest BCUT2D eigenvalue weighted by Gasteiger charge is 2.15. The molecule has 7 nitrogen and oxygen atoms in total. The van der Waals surface area contributed by atoms with Gasteiger partial charge in [-0.05, 0) is 47.0 Å². The van der Waals surface area contributed by atoms with Crippen LogP contribution in [0, 0.1) is 5.53 Å². The summed E-state index contributed by atoms with van der Waals surface area (Å²) in [6.45, 7) is 3.93. The third-order valence-electron chi connectivity index (χ3n) is 3.26. The van der Waals surface area contributed by atoms with Gasteiger partial charge in [0.1, 0.15) is 11.8 Å². The van der Waals surface area contributed by atoms with Crippen LogP contribution in [0.15, 0.2) is 41.9 Å². The Balaban J connectivity index is 2.65. The molecule has 0 aromatic heterocycles. The maximum absolute atomic E-state index is 11.1. The molecule has 0 aliphatic carbocycles. The van der Waals surface area contributed by atoms with E-state index in [1.807, 2.05) is 6.07 Å². The number of nitrogens with two attached hydrogens (primary N) is 1. The van der Waals surface area contributed by atoms with Crippen LogP contribution in [0.1, 0.15) is 24.0 Å². The number of hydrogen-bond donors (Lipinski definition) is 4. The lowest BCUT2D eigenvalue weighted by molar-refractivity contribution is -0.626. The second-order valence-corrected chi connectivity index (χ2v) is 5.23. The maximum Gasteiger partial charge on any atom is 0.328 e. The third kappa shape index (κ3) is 6.87. The van der Waals surface area contributed by atoms with E-state index in [0.717, 1.165) is 10.4 Å². The fourth-order valence-electron chi connectivity index (χ4n) is 2.04. The molecule has 1 aromatic rings. The number of benzene rings is 1. The first-order valence-corrected chi connectivity index (χ1v) is 7.53. The molecule has 0 unspecified atom stereocenters. The van der Waals surface area contributed by atoms with Gasteiger partial charge in [-0.25, -0.2) is 4.79 Å². The van der Waals surface area contributed by atoms with E-state index in [1.54, 1.807) is 30.4 Å². The summed E-state index contributed by atoms with van der Waals surface area (Å²) in [5.41, 5.74) is 8.62. The van der Waals surface area contributed by atoms with E-state index >= 15 is 0 Å². The van der Waals surface area contributed by atoms with Crippen LogP contribution in [0.2, 0.25) is 0 Å². The molecule has 0 bridgehead atoms. The molecular weight excluding hydrogens is 308 g/mol. The van der Waals surface area contributed by atoms with E-state index in [2.05, 4.69) is 11.6 Å². The Labute approximate surface area is 140 Å². The molecule has 0 saturated heterocycles. The van der Waals surface area contributed by atoms with Gasteiger partial charge in [0.2, 0.25) is 0 Å². The predicted molar refractivity (Wildman–Crippen MR) is 92.2 cm³/mol. The van der Waals surface area contributed by atoms with Crippen LogP contribution < -0.4 is 5.84 Å². The van der Waals surface area contributed by atoms with E-state index in [4.69, 9.17) is 16.5 Å². The van der Waals surface area contributed by atoms with Crippen molar-refractivity contribution in [3.8, 4) is 5.75 Å². The Bertz CT molecular complexity index is 653. The molecule has 0 heterocycles. The van der Waals surface area contributed by atoms with Crippen molar-refractivity contribution in [1.29, 1.82) is 5.53 Å². The minimum Gasteiger partial charge on any atom is -0.507 e. The van der Waals surface area contributed by atoms with Gasteiger partial charge in [-0.15, -0.1) is 6.58 Å². The quantitative estimate of drug-likeness (QED) is 0.131. The molecule has 0 spiro atoms. The summed E-state index contributed by atoms with van der Waals surface area (Å²) in [7, 11) is 0. The minimum atomic E-state index is -1.02. The van der Waals surface area contributed by atoms with Crippen LogP contribution in [-0.4, -0.2) is 39.8 Å². The zero-order valence-corrected chi connectivity index (χ0v) is 13.4. The summed E-state index contributed by atoms with van der Waals surface area (Å²) in [5, 5.41) is 19.0. The van der Waals surface area contributed by atoms with Crippen molar-refractivity contribution in [3.05, 3.63) is 48.1 Å². The molecular formula is C17H23N4O3+. The summed E-state index contributed by atoms with van der Waals surface area (Å²) < 4.78 is 0. The zero-order chi connectivity index (χ0) is 17.9. The van der Waals surface area contributed by atoms with Crippen molar-refractivity contribution in [2.24, 2.45) is 10.8 Å². The van der Waals surface area contributed by atoms with Gasteiger partial charge in [0, 0.05) is 18.2 Å². The number of phenols is 1. The standard InChI is InChI=1S/C17H22N4O3/c1-2-5-13-8-9-14(16(22)12-13)6-3-10-20-15(17(23)24)7-4-11-21(18)19/h2-3,6,8-10,12,15H,1,4-5,7,11H2,(H4-,18,19,20,22,23,24)/p+1/t15-/m0/s1. The highest BCUT2D eigenvalue weighted by Crippen LogP contribution is 2.20. The maximum atomic E-state index is 11.1. The molecule has 128 valence electrons. The number of phenolic OH excluding ortho intramolecular Hbond substituents is 1. The molecule has 1 rings (SSSR count). The van der Waals surface area contributed by atoms with Gasteiger partial charge in [-0.3, -0.25) is 4.99 Å². The van der Waals surface area contributed by atoms with Gasteiger partial charge in [0.15, 0.2) is 6.54 Å². The monoisotopic (exact) mass is 331 g/mol. The lowest BCUT2D eigenvalue weighted by Crippen LogP contribution is -2.22. The van der Waals surface area contributed by atoms with Crippen LogP contribution >= 0.6 is 0 Å². The number of aliphatic carboxylic acids is 1. The number of carboxylic acids is 1. The van der Waals surface area contributed by atoms with E-state index in [-0.39, 0.29) is 12.3 Å². The normalized spacial score (nSPS) is 12.5. The zero-order valence-electron chi connectivity index (χ0n) is 13.4. The topological polar surface area (TPSA) is 123 Å². The van der Waals surface area contributed by atoms with Gasteiger partial charge in [0.25, 0.3) is 0 Å². The highest BCUT2D eigenvalue weighted by atomic mass is 16.4. The van der Waals surface area contributed by atoms with Gasteiger partial charge in [-0.1, -0.05) is 18.2 Å². The number of allylic oxidation sites excluding steroid dienone is 2. The van der Waals surface area contributed by atoms with E-state index in [0.29, 0.717) is 24.8 Å². The summed E-state index contributed by atoms with van der Waals surface area (Å²) in [6, 6.07) is 4.45. The first-order valence-electron chi connectivity index (χ1n) is 7.53. The lowest BCUT2D eigenvalue weighted by atomic mass is 10.1. The molecule has 0 amide bonds. The number of nitrogens with one attached hydrogen (secondary N) is 1. The van der Waals surface area contributed by atoms with Crippen molar-refractivity contribution in [2.75, 3.05) is 6.54 Å². The first-order chi connectivity index (χ1) is 11.4. The Morgan fingerprint density at radius 1 is 1.50 bits per heavy atom. The summed E-state index contributed by atoms with van der Waals surface area (Å²) in [5.74, 6) is 4.28. The van der Waals surface area contributed by atoms with Crippen LogP contribution in [0.4, 0.5) is 0 Å². The van der Waals surface area contributed by atoms with Crippen molar-refractivity contribution >= 4 is 18.3 Å². The fourth-order valence-corrected chi connectivity index (χ4v) is 2.04. The molecule has 24 heavy (non-hydrogen) atoms. The Kier molecular flexibility index (Phi) is 7.90. The smallest absolute Gasteiger partial charge is 0.328 e. The van der Waals surface area contributed by atoms with Crippen molar-refractivity contribution in [3.63, 3.8) is 0 Å². The number of hydrazine groups is 1. The number of rotatable bonds is 10. The highest BCUT2D eigenvalue weighted by molar-refractivity contribution is 5.82. The number of nitrogens with zero attached hydrogens (tertiary/aromatic N) is 2. The van der Waals surface area contributed by atoms with Crippen LogP contribution in [0.3, 0.4) is 0 Å². The van der Waals surface area contributed by atoms with Crippen molar-refractivity contribution in [1.82, 2.24) is 0 Å². The average Bonchev–Trinajstić information content (AvgIpc) is 2.51. The molecule has 1 atom stereocenters. The Morgan fingerprint density at radius 3 is 2.83 bits per heavy atom. The molecule has 0 aliphatic rings. The molecule has 7 heteroatoms. The molecule has 0 saturated carbocycles. The number of carbonyl (C=O) groups is 1. The van der Waals surface area contributed by atoms with Gasteiger partial charge >= 0.3 is 5.97 Å². The number of hydrogen-bond acceptors (Lipinski definition) is 4. The number of carboxylic acid groups (broad SMARTS) is 1. The first kappa shape index (κ1) is 19.1. The molecule has 1 aromatic carbocycles. The largest absolute Gasteiger partial charge is 0.507 e. The van der Waals surface area contributed by atoms with Gasteiger partial charge < -0.3 is 10.2 Å². The number of aromatic hydroxyl groups is 1. The molecule has 0 fully saturated rings. The second-order valence-electron chi connectivity index (χ2n) is 5.23. The van der Waals surface area contributed by atoms with Gasteiger partial charge in [-0.2, -0.15) is 5.84 Å². The van der Waals surface area contributed by atoms with Crippen molar-refractivity contribution < 1.29 is 19.8 Å². The summed E-state index contributed by atoms with van der Waals surface area (Å²) in [6.07, 6.45) is 7.83. The molecule has 5 N–H and O–H groups in total. The lowest BCUT2D eigenvalue weighted by Gasteiger charge is -2.04. The van der Waals surface area contributed by atoms with Crippen LogP contribution in [0.5, 0.6) is 5.75 Å². The SMILES string of the molecule is C=CCc1ccc(/C=C/C=N[C@@H](CCC[N+](=N)N)C(=O)O)c(O)c1. The number of aliphatic imine (C=N–C) groups is 1. The Morgan fingerprint density at radius 2 is 2.25 bits per heavy atom. The minimum absolute atomic E-state index is 0.146. The summed E-state index contributed by atoms with van der Waals surface area (Å²) in [4.78, 5) is 15.9. The molecule has 0 radical (unpaired) electrons. The predicted octanol–water partition coefficient (Wildman–Crippen LogP) is 2.36. The van der Waals surface area contributed by atoms with Gasteiger partial charge in [0.05, 0.1) is 0 Å². The fraction of sp³-hybridized carbons (Fsp3) is 0.294. The van der Waals surface area contributed by atoms with Crippen molar-refractivity contribution in [2.45, 2.75) is 25.3 Å². The Hall–Kier alpha value is -2.96. The van der Waals surface area contributed by atoms with E-state index in [1.165, 1.54) is 6.21 Å². The van der Waals surface area contributed by atoms with E-state index < -0.39 is 12.0 Å². The average molecular weight is 331 g/mol.